The molecule has 0 aliphatic heterocycles. The van der Waals surface area contributed by atoms with Crippen LogP contribution in [-0.2, 0) is 9.84 Å². The number of aromatic amines is 1. The molecule has 0 radical (unpaired) electrons. The first-order valence-electron chi connectivity index (χ1n) is 6.85. The SMILES string of the molecule is O=c1nc2c(S(=O)(=O)c3cccc(Cl)c3)n[nH]n2c2ccccc12. The predicted octanol–water partition coefficient (Wildman–Crippen LogP) is 2.06. The van der Waals surface area contributed by atoms with E-state index in [1.54, 1.807) is 30.3 Å². The Morgan fingerprint density at radius 2 is 1.88 bits per heavy atom. The highest BCUT2D eigenvalue weighted by molar-refractivity contribution is 7.91. The zero-order valence-corrected chi connectivity index (χ0v) is 13.5. The lowest BCUT2D eigenvalue weighted by atomic mass is 10.2. The van der Waals surface area contributed by atoms with Crippen LogP contribution in [0, 0.1) is 0 Å². The van der Waals surface area contributed by atoms with Crippen LogP contribution in [0.15, 0.2) is 63.2 Å². The summed E-state index contributed by atoms with van der Waals surface area (Å²) in [6.07, 6.45) is 0. The molecule has 0 aliphatic rings. The van der Waals surface area contributed by atoms with Crippen molar-refractivity contribution in [3.63, 3.8) is 0 Å². The molecule has 2 aromatic heterocycles. The van der Waals surface area contributed by atoms with E-state index in [2.05, 4.69) is 15.3 Å². The van der Waals surface area contributed by atoms with Gasteiger partial charge in [-0.05, 0) is 30.3 Å². The molecule has 0 aliphatic carbocycles. The maximum absolute atomic E-state index is 12.8. The molecule has 0 saturated heterocycles. The van der Waals surface area contributed by atoms with Crippen molar-refractivity contribution in [2.24, 2.45) is 0 Å². The van der Waals surface area contributed by atoms with Crippen molar-refractivity contribution < 1.29 is 8.42 Å². The quantitative estimate of drug-likeness (QED) is 0.590. The van der Waals surface area contributed by atoms with Crippen molar-refractivity contribution in [3.8, 4) is 0 Å². The van der Waals surface area contributed by atoms with Gasteiger partial charge in [0.1, 0.15) is 0 Å². The largest absolute Gasteiger partial charge is 0.281 e. The predicted molar refractivity (Wildman–Crippen MR) is 88.0 cm³/mol. The van der Waals surface area contributed by atoms with Gasteiger partial charge in [0.25, 0.3) is 5.56 Å². The van der Waals surface area contributed by atoms with Gasteiger partial charge in [0.15, 0.2) is 5.65 Å². The number of benzene rings is 2. The third kappa shape index (κ3) is 2.11. The molecule has 0 spiro atoms. The molecular weight excluding hydrogens is 352 g/mol. The molecule has 120 valence electrons. The van der Waals surface area contributed by atoms with E-state index >= 15 is 0 Å². The summed E-state index contributed by atoms with van der Waals surface area (Å²) in [7, 11) is -3.98. The van der Waals surface area contributed by atoms with Crippen molar-refractivity contribution in [2.75, 3.05) is 0 Å². The second kappa shape index (κ2) is 5.15. The smallest absolute Gasteiger partial charge is 0.267 e. The Labute approximate surface area is 140 Å². The van der Waals surface area contributed by atoms with E-state index in [0.717, 1.165) is 0 Å². The number of H-pyrrole nitrogens is 1. The highest BCUT2D eigenvalue weighted by Gasteiger charge is 2.26. The van der Waals surface area contributed by atoms with E-state index in [1.165, 1.54) is 22.7 Å². The van der Waals surface area contributed by atoms with Crippen LogP contribution in [-0.4, -0.2) is 28.2 Å². The lowest BCUT2D eigenvalue weighted by Crippen LogP contribution is -2.12. The summed E-state index contributed by atoms with van der Waals surface area (Å²) >= 11 is 5.87. The summed E-state index contributed by atoms with van der Waals surface area (Å²) in [6, 6.07) is 12.6. The van der Waals surface area contributed by atoms with Gasteiger partial charge in [0, 0.05) is 5.02 Å². The van der Waals surface area contributed by atoms with Crippen LogP contribution in [0.3, 0.4) is 0 Å². The van der Waals surface area contributed by atoms with E-state index in [1.807, 2.05) is 0 Å². The number of halogens is 1. The standard InChI is InChI=1S/C15H9ClN4O3S/c16-9-4-3-5-10(8-9)24(22,23)15-13-17-14(21)11-6-1-2-7-12(11)20(13)19-18-15/h1-8,19H. The fourth-order valence-electron chi connectivity index (χ4n) is 2.49. The van der Waals surface area contributed by atoms with Gasteiger partial charge in [-0.2, -0.15) is 4.98 Å². The van der Waals surface area contributed by atoms with Crippen LogP contribution in [0.25, 0.3) is 16.6 Å². The average Bonchev–Trinajstić information content (AvgIpc) is 3.00. The van der Waals surface area contributed by atoms with Gasteiger partial charge in [-0.3, -0.25) is 4.79 Å². The molecule has 9 heteroatoms. The summed E-state index contributed by atoms with van der Waals surface area (Å²) in [6.45, 7) is 0. The monoisotopic (exact) mass is 360 g/mol. The van der Waals surface area contributed by atoms with E-state index in [9.17, 15) is 13.2 Å². The molecule has 24 heavy (non-hydrogen) atoms. The molecule has 4 aromatic rings. The molecule has 1 N–H and O–H groups in total. The van der Waals surface area contributed by atoms with Crippen LogP contribution in [0.2, 0.25) is 5.02 Å². The minimum Gasteiger partial charge on any atom is -0.267 e. The van der Waals surface area contributed by atoms with Crippen LogP contribution in [0.5, 0.6) is 0 Å². The first-order valence-corrected chi connectivity index (χ1v) is 8.71. The summed E-state index contributed by atoms with van der Waals surface area (Å²) in [5.74, 6) is 0. The summed E-state index contributed by atoms with van der Waals surface area (Å²) < 4.78 is 27.0. The average molecular weight is 361 g/mol. The highest BCUT2D eigenvalue weighted by Crippen LogP contribution is 2.24. The van der Waals surface area contributed by atoms with Crippen LogP contribution in [0.1, 0.15) is 0 Å². The number of sulfone groups is 1. The molecule has 0 atom stereocenters. The normalized spacial score (nSPS) is 12.0. The molecule has 0 saturated carbocycles. The van der Waals surface area contributed by atoms with Gasteiger partial charge in [-0.1, -0.05) is 29.8 Å². The Bertz CT molecular complexity index is 1260. The number of nitrogens with one attached hydrogen (secondary N) is 1. The fourth-order valence-corrected chi connectivity index (χ4v) is 4.04. The Kier molecular flexibility index (Phi) is 3.19. The third-order valence-corrected chi connectivity index (χ3v) is 5.49. The van der Waals surface area contributed by atoms with Gasteiger partial charge in [-0.15, -0.1) is 5.10 Å². The number of hydrogen-bond acceptors (Lipinski definition) is 5. The number of rotatable bonds is 2. The number of hydrogen-bond donors (Lipinski definition) is 1. The fraction of sp³-hybridized carbons (Fsp3) is 0. The van der Waals surface area contributed by atoms with Gasteiger partial charge < -0.3 is 0 Å². The van der Waals surface area contributed by atoms with Crippen molar-refractivity contribution in [2.45, 2.75) is 9.92 Å². The summed E-state index contributed by atoms with van der Waals surface area (Å²) in [5.41, 5.74) is -0.0826. The Balaban J connectivity index is 2.07. The molecule has 0 bridgehead atoms. The zero-order chi connectivity index (χ0) is 16.9. The number of para-hydroxylation sites is 1. The Hall–Kier alpha value is -2.71. The molecule has 4 rings (SSSR count). The lowest BCUT2D eigenvalue weighted by Gasteiger charge is -2.02. The van der Waals surface area contributed by atoms with Crippen molar-refractivity contribution in [1.29, 1.82) is 0 Å². The summed E-state index contributed by atoms with van der Waals surface area (Å²) in [4.78, 5) is 16.0. The second-order valence-electron chi connectivity index (χ2n) is 5.07. The third-order valence-electron chi connectivity index (χ3n) is 3.60. The van der Waals surface area contributed by atoms with Gasteiger partial charge >= 0.3 is 0 Å². The summed E-state index contributed by atoms with van der Waals surface area (Å²) in [5, 5.41) is 6.80. The maximum atomic E-state index is 12.8. The van der Waals surface area contributed by atoms with Crippen LogP contribution >= 0.6 is 11.6 Å². The van der Waals surface area contributed by atoms with E-state index < -0.39 is 15.4 Å². The molecule has 7 nitrogen and oxygen atoms in total. The van der Waals surface area contributed by atoms with Gasteiger partial charge in [0.05, 0.1) is 15.8 Å². The van der Waals surface area contributed by atoms with Crippen molar-refractivity contribution >= 4 is 38.0 Å². The minimum absolute atomic E-state index is 0.0218. The Morgan fingerprint density at radius 3 is 2.67 bits per heavy atom. The zero-order valence-electron chi connectivity index (χ0n) is 12.0. The number of aromatic nitrogens is 4. The van der Waals surface area contributed by atoms with Crippen LogP contribution in [0.4, 0.5) is 0 Å². The highest BCUT2D eigenvalue weighted by atomic mass is 35.5. The maximum Gasteiger partial charge on any atom is 0.281 e. The second-order valence-corrected chi connectivity index (χ2v) is 7.37. The molecule has 2 heterocycles. The van der Waals surface area contributed by atoms with E-state index in [-0.39, 0.29) is 20.6 Å². The minimum atomic E-state index is -3.98. The number of fused-ring (bicyclic) bond motifs is 3. The number of nitrogens with zero attached hydrogens (tertiary/aromatic N) is 3. The molecule has 0 unspecified atom stereocenters. The van der Waals surface area contributed by atoms with E-state index in [4.69, 9.17) is 11.6 Å². The topological polar surface area (TPSA) is 97.2 Å². The van der Waals surface area contributed by atoms with E-state index in [0.29, 0.717) is 10.9 Å². The van der Waals surface area contributed by atoms with Crippen molar-refractivity contribution in [3.05, 3.63) is 63.9 Å². The Morgan fingerprint density at radius 1 is 1.08 bits per heavy atom. The first kappa shape index (κ1) is 14.9. The molecule has 0 fully saturated rings. The van der Waals surface area contributed by atoms with Crippen LogP contribution < -0.4 is 5.56 Å². The van der Waals surface area contributed by atoms with Gasteiger partial charge in [0.2, 0.25) is 14.9 Å². The van der Waals surface area contributed by atoms with Crippen molar-refractivity contribution in [1.82, 2.24) is 19.8 Å². The lowest BCUT2D eigenvalue weighted by molar-refractivity contribution is 0.592. The molecule has 2 aromatic carbocycles. The van der Waals surface area contributed by atoms with Gasteiger partial charge in [-0.25, -0.2) is 18.1 Å². The molecule has 0 amide bonds. The first-order chi connectivity index (χ1) is 11.5. The molecular formula is C15H9ClN4O3S.